The molecular weight excluding hydrogens is 494 g/mol. The van der Waals surface area contributed by atoms with Crippen molar-refractivity contribution in [2.45, 2.75) is 58.7 Å². The van der Waals surface area contributed by atoms with Crippen LogP contribution in [0.5, 0.6) is 0 Å². The highest BCUT2D eigenvalue weighted by molar-refractivity contribution is 5.98. The van der Waals surface area contributed by atoms with Gasteiger partial charge in [-0.05, 0) is 66.6 Å². The number of hydrogen-bond donors (Lipinski definition) is 1. The largest absolute Gasteiger partial charge is 0.355 e. The second-order valence-electron chi connectivity index (χ2n) is 11.4. The van der Waals surface area contributed by atoms with E-state index in [0.29, 0.717) is 12.0 Å². The molecule has 0 aliphatic carbocycles. The van der Waals surface area contributed by atoms with E-state index >= 15 is 0 Å². The Labute approximate surface area is 237 Å². The van der Waals surface area contributed by atoms with E-state index in [-0.39, 0.29) is 5.91 Å². The molecule has 4 aromatic rings. The van der Waals surface area contributed by atoms with Gasteiger partial charge >= 0.3 is 0 Å². The number of carbonyl (C=O) groups excluding carboxylic acids is 1. The Morgan fingerprint density at radius 3 is 2.60 bits per heavy atom. The molecule has 1 saturated heterocycles. The zero-order chi connectivity index (χ0) is 27.5. The van der Waals surface area contributed by atoms with Crippen molar-refractivity contribution in [3.05, 3.63) is 89.7 Å². The van der Waals surface area contributed by atoms with Crippen molar-refractivity contribution >= 4 is 22.5 Å². The van der Waals surface area contributed by atoms with E-state index in [9.17, 15) is 4.79 Å². The standard InChI is InChI=1S/C34H39N5O/c1-3-7-24(2)39-23-28-18-26(12-13-30(28)34(39)40)20-35-19-25-14-16-38(17-15-25)33-22-36-32(21-37-33)31-11-6-9-27-8-4-5-10-29(27)31/h4-6,8-13,18,21-22,24-25,35H,3,7,14-17,19-20,23H2,1-2H3. The molecule has 3 heterocycles. The van der Waals surface area contributed by atoms with Gasteiger partial charge in [-0.1, -0.05) is 67.9 Å². The van der Waals surface area contributed by atoms with Crippen molar-refractivity contribution in [1.82, 2.24) is 20.2 Å². The van der Waals surface area contributed by atoms with Crippen LogP contribution in [0.15, 0.2) is 73.1 Å². The normalized spacial score (nSPS) is 16.5. The Bertz CT molecular complexity index is 1470. The minimum absolute atomic E-state index is 0.190. The third kappa shape index (κ3) is 5.46. The van der Waals surface area contributed by atoms with Gasteiger partial charge in [-0.15, -0.1) is 0 Å². The zero-order valence-corrected chi connectivity index (χ0v) is 23.6. The summed E-state index contributed by atoms with van der Waals surface area (Å²) in [6.07, 6.45) is 8.28. The van der Waals surface area contributed by atoms with Crippen molar-refractivity contribution < 1.29 is 4.79 Å². The quantitative estimate of drug-likeness (QED) is 0.268. The molecule has 1 aromatic heterocycles. The summed E-state index contributed by atoms with van der Waals surface area (Å²) in [5, 5.41) is 6.10. The van der Waals surface area contributed by atoms with E-state index in [2.05, 4.69) is 78.7 Å². The van der Waals surface area contributed by atoms with Crippen molar-refractivity contribution in [3.8, 4) is 11.3 Å². The molecule has 1 unspecified atom stereocenters. The number of nitrogens with one attached hydrogen (secondary N) is 1. The summed E-state index contributed by atoms with van der Waals surface area (Å²) in [6, 6.07) is 21.4. The molecule has 0 saturated carbocycles. The Kier molecular flexibility index (Phi) is 7.78. The number of anilines is 1. The molecule has 1 amide bonds. The Hall–Kier alpha value is -3.77. The van der Waals surface area contributed by atoms with E-state index in [1.54, 1.807) is 0 Å². The number of fused-ring (bicyclic) bond motifs is 2. The third-order valence-corrected chi connectivity index (χ3v) is 8.64. The summed E-state index contributed by atoms with van der Waals surface area (Å²) < 4.78 is 0. The highest BCUT2D eigenvalue weighted by Gasteiger charge is 2.30. The summed E-state index contributed by atoms with van der Waals surface area (Å²) in [4.78, 5) is 26.8. The van der Waals surface area contributed by atoms with Crippen LogP contribution in [0.4, 0.5) is 5.82 Å². The molecule has 1 N–H and O–H groups in total. The molecule has 6 rings (SSSR count). The molecule has 2 aliphatic rings. The second kappa shape index (κ2) is 11.8. The summed E-state index contributed by atoms with van der Waals surface area (Å²) >= 11 is 0. The number of piperidine rings is 1. The van der Waals surface area contributed by atoms with Crippen molar-refractivity contribution in [3.63, 3.8) is 0 Å². The molecular formula is C34H39N5O. The van der Waals surface area contributed by atoms with Crippen molar-refractivity contribution in [1.29, 1.82) is 0 Å². The third-order valence-electron chi connectivity index (χ3n) is 8.64. The first-order valence-corrected chi connectivity index (χ1v) is 14.8. The van der Waals surface area contributed by atoms with Crippen molar-refractivity contribution in [2.24, 2.45) is 5.92 Å². The Morgan fingerprint density at radius 1 is 0.975 bits per heavy atom. The lowest BCUT2D eigenvalue weighted by molar-refractivity contribution is 0.0709. The van der Waals surface area contributed by atoms with Crippen LogP contribution in [-0.2, 0) is 13.1 Å². The van der Waals surface area contributed by atoms with Gasteiger partial charge < -0.3 is 15.1 Å². The van der Waals surface area contributed by atoms with Crippen LogP contribution in [0.25, 0.3) is 22.0 Å². The lowest BCUT2D eigenvalue weighted by atomic mass is 9.96. The number of nitrogens with zero attached hydrogens (tertiary/aromatic N) is 4. The highest BCUT2D eigenvalue weighted by atomic mass is 16.2. The Morgan fingerprint density at radius 2 is 1.80 bits per heavy atom. The molecule has 3 aromatic carbocycles. The summed E-state index contributed by atoms with van der Waals surface area (Å²) in [5.41, 5.74) is 5.36. The molecule has 6 nitrogen and oxygen atoms in total. The maximum atomic E-state index is 12.8. The first-order valence-electron chi connectivity index (χ1n) is 14.8. The monoisotopic (exact) mass is 533 g/mol. The molecule has 1 fully saturated rings. The first kappa shape index (κ1) is 26.5. The van der Waals surface area contributed by atoms with Crippen LogP contribution in [-0.4, -0.2) is 46.5 Å². The van der Waals surface area contributed by atoms with Crippen LogP contribution >= 0.6 is 0 Å². The molecule has 0 bridgehead atoms. The molecule has 1 atom stereocenters. The zero-order valence-electron chi connectivity index (χ0n) is 23.6. The number of benzene rings is 3. The number of amides is 1. The van der Waals surface area contributed by atoms with Gasteiger partial charge in [0, 0.05) is 43.3 Å². The van der Waals surface area contributed by atoms with Crippen LogP contribution in [0.2, 0.25) is 0 Å². The van der Waals surface area contributed by atoms with Crippen LogP contribution in [0.1, 0.15) is 61.0 Å². The molecule has 6 heteroatoms. The van der Waals surface area contributed by atoms with Gasteiger partial charge in [-0.2, -0.15) is 0 Å². The molecule has 206 valence electrons. The van der Waals surface area contributed by atoms with Gasteiger partial charge in [0.2, 0.25) is 0 Å². The Balaban J connectivity index is 0.990. The van der Waals surface area contributed by atoms with E-state index in [1.807, 2.05) is 23.4 Å². The number of hydrogen-bond acceptors (Lipinski definition) is 5. The van der Waals surface area contributed by atoms with E-state index in [1.165, 1.54) is 21.9 Å². The minimum Gasteiger partial charge on any atom is -0.355 e. The minimum atomic E-state index is 0.190. The maximum Gasteiger partial charge on any atom is 0.254 e. The van der Waals surface area contributed by atoms with Gasteiger partial charge in [-0.25, -0.2) is 4.98 Å². The SMILES string of the molecule is CCCC(C)N1Cc2cc(CNCC3CCN(c4cnc(-c5cccc6ccccc56)cn4)CC3)ccc2C1=O. The van der Waals surface area contributed by atoms with Crippen LogP contribution in [0.3, 0.4) is 0 Å². The van der Waals surface area contributed by atoms with Gasteiger partial charge in [0.25, 0.3) is 5.91 Å². The average molecular weight is 534 g/mol. The fourth-order valence-corrected chi connectivity index (χ4v) is 6.30. The molecule has 0 radical (unpaired) electrons. The van der Waals surface area contributed by atoms with Crippen molar-refractivity contribution in [2.75, 3.05) is 24.5 Å². The number of rotatable bonds is 9. The van der Waals surface area contributed by atoms with Crippen LogP contribution < -0.4 is 10.2 Å². The number of carbonyl (C=O) groups is 1. The summed E-state index contributed by atoms with van der Waals surface area (Å²) in [5.74, 6) is 1.81. The van der Waals surface area contributed by atoms with Gasteiger partial charge in [-0.3, -0.25) is 9.78 Å². The van der Waals surface area contributed by atoms with Gasteiger partial charge in [0.15, 0.2) is 0 Å². The lowest BCUT2D eigenvalue weighted by Gasteiger charge is -2.32. The molecule has 0 spiro atoms. The fraction of sp³-hybridized carbons (Fsp3) is 0.382. The van der Waals surface area contributed by atoms with E-state index < -0.39 is 0 Å². The second-order valence-corrected chi connectivity index (χ2v) is 11.4. The van der Waals surface area contributed by atoms with Gasteiger partial charge in [0.1, 0.15) is 5.82 Å². The fourth-order valence-electron chi connectivity index (χ4n) is 6.30. The summed E-state index contributed by atoms with van der Waals surface area (Å²) in [6.45, 7) is 8.93. The average Bonchev–Trinajstić information content (AvgIpc) is 3.33. The topological polar surface area (TPSA) is 61.4 Å². The molecule has 2 aliphatic heterocycles. The highest BCUT2D eigenvalue weighted by Crippen LogP contribution is 2.29. The maximum absolute atomic E-state index is 12.8. The predicted molar refractivity (Wildman–Crippen MR) is 162 cm³/mol. The lowest BCUT2D eigenvalue weighted by Crippen LogP contribution is -2.37. The predicted octanol–water partition coefficient (Wildman–Crippen LogP) is 6.45. The number of aromatic nitrogens is 2. The summed E-state index contributed by atoms with van der Waals surface area (Å²) in [7, 11) is 0. The first-order chi connectivity index (χ1) is 19.6. The smallest absolute Gasteiger partial charge is 0.254 e. The van der Waals surface area contributed by atoms with Crippen LogP contribution in [0, 0.1) is 5.92 Å². The molecule has 40 heavy (non-hydrogen) atoms. The van der Waals surface area contributed by atoms with Gasteiger partial charge in [0.05, 0.1) is 18.1 Å². The van der Waals surface area contributed by atoms with E-state index in [4.69, 9.17) is 9.97 Å². The van der Waals surface area contributed by atoms with E-state index in [0.717, 1.165) is 81.0 Å².